The zero-order valence-electron chi connectivity index (χ0n) is 14.7. The van der Waals surface area contributed by atoms with Crippen molar-refractivity contribution in [3.63, 3.8) is 0 Å². The minimum atomic E-state index is -0.254. The largest absolute Gasteiger partial charge is 0.472 e. The summed E-state index contributed by atoms with van der Waals surface area (Å²) >= 11 is 5.93. The number of furan rings is 1. The molecule has 2 aliphatic rings. The highest BCUT2D eigenvalue weighted by molar-refractivity contribution is 6.30. The average Bonchev–Trinajstić information content (AvgIpc) is 3.38. The lowest BCUT2D eigenvalue weighted by atomic mass is 9.85. The maximum Gasteiger partial charge on any atom is 0.257 e. The van der Waals surface area contributed by atoms with Gasteiger partial charge in [-0.2, -0.15) is 0 Å². The molecule has 8 nitrogen and oxygen atoms in total. The average molecular weight is 398 g/mol. The van der Waals surface area contributed by atoms with E-state index in [1.807, 2.05) is 6.20 Å². The summed E-state index contributed by atoms with van der Waals surface area (Å²) in [4.78, 5) is 35.3. The van der Waals surface area contributed by atoms with E-state index >= 15 is 0 Å². The molecule has 9 heteroatoms. The van der Waals surface area contributed by atoms with Crippen LogP contribution in [-0.2, 0) is 5.54 Å². The van der Waals surface area contributed by atoms with Crippen LogP contribution in [0.25, 0.3) is 0 Å². The van der Waals surface area contributed by atoms with Crippen LogP contribution in [-0.4, -0.2) is 44.3 Å². The Bertz CT molecular complexity index is 1060. The summed E-state index contributed by atoms with van der Waals surface area (Å²) in [5, 5.41) is 3.43. The number of likely N-dealkylation sites (tertiary alicyclic amines) is 1. The molecule has 1 saturated heterocycles. The van der Waals surface area contributed by atoms with Gasteiger partial charge in [0.2, 0.25) is 0 Å². The summed E-state index contributed by atoms with van der Waals surface area (Å²) in [5.74, 6) is 0.481. The second-order valence-corrected chi connectivity index (χ2v) is 7.61. The highest BCUT2D eigenvalue weighted by atomic mass is 35.5. The van der Waals surface area contributed by atoms with Crippen molar-refractivity contribution in [3.8, 4) is 0 Å². The van der Waals surface area contributed by atoms with Crippen LogP contribution < -0.4 is 5.32 Å². The molecule has 3 aromatic heterocycles. The number of rotatable bonds is 3. The predicted molar refractivity (Wildman–Crippen MR) is 98.9 cm³/mol. The van der Waals surface area contributed by atoms with Crippen molar-refractivity contribution in [1.82, 2.24) is 24.8 Å². The van der Waals surface area contributed by atoms with Crippen molar-refractivity contribution >= 4 is 23.4 Å². The number of aromatic nitrogens is 3. The number of nitrogens with one attached hydrogen (secondary N) is 1. The number of hydrogen-bond donors (Lipinski definition) is 1. The van der Waals surface area contributed by atoms with Crippen LogP contribution in [0, 0.1) is 0 Å². The third-order valence-corrected chi connectivity index (χ3v) is 5.58. The summed E-state index contributed by atoms with van der Waals surface area (Å²) in [6, 6.07) is 3.00. The van der Waals surface area contributed by atoms with Gasteiger partial charge in [0.1, 0.15) is 12.1 Å². The predicted octanol–water partition coefficient (Wildman–Crippen LogP) is 2.25. The first-order valence-corrected chi connectivity index (χ1v) is 9.20. The van der Waals surface area contributed by atoms with E-state index < -0.39 is 0 Å². The first kappa shape index (κ1) is 17.0. The number of imidazole rings is 1. The van der Waals surface area contributed by atoms with Gasteiger partial charge >= 0.3 is 0 Å². The van der Waals surface area contributed by atoms with Gasteiger partial charge in [-0.05, 0) is 12.1 Å². The van der Waals surface area contributed by atoms with Crippen LogP contribution in [0.15, 0.2) is 53.9 Å². The van der Waals surface area contributed by atoms with Crippen molar-refractivity contribution in [1.29, 1.82) is 0 Å². The summed E-state index contributed by atoms with van der Waals surface area (Å²) in [6.45, 7) is 1.12. The summed E-state index contributed by atoms with van der Waals surface area (Å²) in [7, 11) is 0. The molecule has 3 aromatic rings. The first-order chi connectivity index (χ1) is 13.6. The van der Waals surface area contributed by atoms with Gasteiger partial charge in [-0.1, -0.05) is 11.6 Å². The standard InChI is InChI=1S/C19H16ClN5O3/c20-14-5-13(7-21-8-14)17(26)23-15-6-19(25-3-2-22-16(15)25)10-24(11-19)18(27)12-1-4-28-9-12/h1-5,7-9,15H,6,10-11H2,(H,23,26). The molecule has 1 spiro atoms. The Morgan fingerprint density at radius 3 is 2.89 bits per heavy atom. The van der Waals surface area contributed by atoms with Crippen LogP contribution in [0.5, 0.6) is 0 Å². The van der Waals surface area contributed by atoms with Crippen LogP contribution in [0.4, 0.5) is 0 Å². The third-order valence-electron chi connectivity index (χ3n) is 5.37. The van der Waals surface area contributed by atoms with E-state index in [-0.39, 0.29) is 23.4 Å². The van der Waals surface area contributed by atoms with Crippen LogP contribution in [0.2, 0.25) is 5.02 Å². The number of amides is 2. The maximum atomic E-state index is 12.6. The Kier molecular flexibility index (Phi) is 3.77. The number of pyridine rings is 1. The van der Waals surface area contributed by atoms with E-state index in [9.17, 15) is 9.59 Å². The Hall–Kier alpha value is -3.13. The smallest absolute Gasteiger partial charge is 0.257 e. The van der Waals surface area contributed by atoms with Gasteiger partial charge in [-0.15, -0.1) is 0 Å². The molecule has 28 heavy (non-hydrogen) atoms. The lowest BCUT2D eigenvalue weighted by Gasteiger charge is -2.49. The Labute approximate surface area is 165 Å². The molecule has 0 bridgehead atoms. The minimum absolute atomic E-state index is 0.0569. The van der Waals surface area contributed by atoms with Crippen molar-refractivity contribution in [2.24, 2.45) is 0 Å². The van der Waals surface area contributed by atoms with E-state index in [1.165, 1.54) is 24.9 Å². The molecule has 1 fully saturated rings. The lowest BCUT2D eigenvalue weighted by Crippen LogP contribution is -2.63. The number of carbonyl (C=O) groups excluding carboxylic acids is 2. The molecular weight excluding hydrogens is 382 g/mol. The Morgan fingerprint density at radius 1 is 1.29 bits per heavy atom. The monoisotopic (exact) mass is 397 g/mol. The molecule has 2 aliphatic heterocycles. The van der Waals surface area contributed by atoms with E-state index in [2.05, 4.69) is 19.9 Å². The molecule has 0 saturated carbocycles. The molecule has 1 atom stereocenters. The Balaban J connectivity index is 1.33. The number of hydrogen-bond acceptors (Lipinski definition) is 5. The van der Waals surface area contributed by atoms with Crippen molar-refractivity contribution in [3.05, 3.63) is 71.4 Å². The quantitative estimate of drug-likeness (QED) is 0.731. The fourth-order valence-electron chi connectivity index (χ4n) is 4.09. The van der Waals surface area contributed by atoms with Crippen LogP contribution in [0.1, 0.15) is 39.0 Å². The lowest BCUT2D eigenvalue weighted by molar-refractivity contribution is 0.0138. The van der Waals surface area contributed by atoms with E-state index in [1.54, 1.807) is 23.2 Å². The van der Waals surface area contributed by atoms with E-state index in [4.69, 9.17) is 16.0 Å². The molecule has 5 heterocycles. The van der Waals surface area contributed by atoms with E-state index in [0.717, 1.165) is 5.82 Å². The van der Waals surface area contributed by atoms with Crippen molar-refractivity contribution < 1.29 is 14.0 Å². The molecule has 2 amide bonds. The summed E-state index contributed by atoms with van der Waals surface area (Å²) in [6.07, 6.45) is 10.2. The van der Waals surface area contributed by atoms with Crippen LogP contribution in [0.3, 0.4) is 0 Å². The molecule has 142 valence electrons. The van der Waals surface area contributed by atoms with Crippen LogP contribution >= 0.6 is 11.6 Å². The van der Waals surface area contributed by atoms with Crippen molar-refractivity contribution in [2.45, 2.75) is 18.0 Å². The third kappa shape index (κ3) is 2.60. The molecule has 0 aromatic carbocycles. The number of carbonyl (C=O) groups is 2. The van der Waals surface area contributed by atoms with Gasteiger partial charge in [0.05, 0.1) is 34.0 Å². The SMILES string of the molecule is O=C(NC1CC2(CN(C(=O)c3ccoc3)C2)n2ccnc21)c1cncc(Cl)c1. The molecule has 5 rings (SSSR count). The number of fused-ring (bicyclic) bond motifs is 2. The number of nitrogens with zero attached hydrogens (tertiary/aromatic N) is 4. The second kappa shape index (κ2) is 6.20. The molecular formula is C19H16ClN5O3. The molecule has 0 aliphatic carbocycles. The van der Waals surface area contributed by atoms with E-state index in [0.29, 0.717) is 35.7 Å². The van der Waals surface area contributed by atoms with Gasteiger partial charge in [-0.3, -0.25) is 14.6 Å². The molecule has 0 radical (unpaired) electrons. The fourth-order valence-corrected chi connectivity index (χ4v) is 4.27. The topological polar surface area (TPSA) is 93.3 Å². The maximum absolute atomic E-state index is 12.6. The van der Waals surface area contributed by atoms with Crippen molar-refractivity contribution in [2.75, 3.05) is 13.1 Å². The van der Waals surface area contributed by atoms with Gasteiger partial charge in [0.15, 0.2) is 0 Å². The highest BCUT2D eigenvalue weighted by Gasteiger charge is 2.53. The number of halogens is 1. The first-order valence-electron chi connectivity index (χ1n) is 8.82. The Morgan fingerprint density at radius 2 is 2.14 bits per heavy atom. The zero-order valence-corrected chi connectivity index (χ0v) is 15.5. The normalized spacial score (nSPS) is 19.3. The molecule has 1 unspecified atom stereocenters. The summed E-state index contributed by atoms with van der Waals surface area (Å²) < 4.78 is 7.08. The van der Waals surface area contributed by atoms with Gasteiger partial charge in [0.25, 0.3) is 11.8 Å². The molecule has 1 N–H and O–H groups in total. The minimum Gasteiger partial charge on any atom is -0.472 e. The summed E-state index contributed by atoms with van der Waals surface area (Å²) in [5.41, 5.74) is 0.685. The highest BCUT2D eigenvalue weighted by Crippen LogP contribution is 2.44. The fraction of sp³-hybridized carbons (Fsp3) is 0.263. The zero-order chi connectivity index (χ0) is 19.3. The van der Waals surface area contributed by atoms with Gasteiger partial charge < -0.3 is 19.2 Å². The second-order valence-electron chi connectivity index (χ2n) is 7.18. The van der Waals surface area contributed by atoms with Gasteiger partial charge in [-0.25, -0.2) is 4.98 Å². The van der Waals surface area contributed by atoms with Gasteiger partial charge in [0, 0.05) is 44.3 Å².